The third-order valence-electron chi connectivity index (χ3n) is 3.58. The average molecular weight is 250 g/mol. The maximum Gasteiger partial charge on any atom is 0.269 e. The van der Waals surface area contributed by atoms with Gasteiger partial charge in [-0.25, -0.2) is 4.68 Å². The summed E-state index contributed by atoms with van der Waals surface area (Å²) < 4.78 is 1.47. The summed E-state index contributed by atoms with van der Waals surface area (Å²) in [5.74, 6) is 0. The molecule has 5 nitrogen and oxygen atoms in total. The van der Waals surface area contributed by atoms with Gasteiger partial charge < -0.3 is 10.6 Å². The topological polar surface area (TPSA) is 64.2 Å². The minimum absolute atomic E-state index is 0.0754. The molecule has 0 aromatic carbocycles. The summed E-state index contributed by atoms with van der Waals surface area (Å²) in [6.07, 6.45) is 5.44. The van der Waals surface area contributed by atoms with Crippen LogP contribution < -0.4 is 16.2 Å². The van der Waals surface area contributed by atoms with Crippen molar-refractivity contribution in [3.05, 3.63) is 22.6 Å². The van der Waals surface area contributed by atoms with Crippen molar-refractivity contribution in [2.45, 2.75) is 38.6 Å². The first-order chi connectivity index (χ1) is 8.54. The highest BCUT2D eigenvalue weighted by Gasteiger charge is 2.21. The average Bonchev–Trinajstić information content (AvgIpc) is 2.39. The van der Waals surface area contributed by atoms with Crippen molar-refractivity contribution in [3.63, 3.8) is 0 Å². The van der Waals surface area contributed by atoms with E-state index in [0.29, 0.717) is 6.54 Å². The minimum Gasteiger partial charge on any atom is -0.370 e. The molecule has 2 N–H and O–H groups in total. The van der Waals surface area contributed by atoms with Crippen molar-refractivity contribution in [3.8, 4) is 0 Å². The SMILES string of the molecule is CC(C)(CN)n1ncc(N2CCCCC2)cc1=O. The molecule has 0 aliphatic carbocycles. The third kappa shape index (κ3) is 2.56. The van der Waals surface area contributed by atoms with E-state index in [1.807, 2.05) is 13.8 Å². The number of hydrogen-bond donors (Lipinski definition) is 1. The van der Waals surface area contributed by atoms with E-state index in [4.69, 9.17) is 5.73 Å². The summed E-state index contributed by atoms with van der Waals surface area (Å²) in [4.78, 5) is 14.3. The van der Waals surface area contributed by atoms with Crippen LogP contribution in [0.15, 0.2) is 17.1 Å². The maximum atomic E-state index is 12.1. The summed E-state index contributed by atoms with van der Waals surface area (Å²) in [5.41, 5.74) is 6.10. The Kier molecular flexibility index (Phi) is 3.71. The van der Waals surface area contributed by atoms with Gasteiger partial charge in [0.2, 0.25) is 0 Å². The van der Waals surface area contributed by atoms with Crippen LogP contribution in [-0.4, -0.2) is 29.4 Å². The van der Waals surface area contributed by atoms with Gasteiger partial charge in [0.1, 0.15) is 0 Å². The number of nitrogens with two attached hydrogens (primary N) is 1. The fourth-order valence-corrected chi connectivity index (χ4v) is 2.26. The van der Waals surface area contributed by atoms with Crippen LogP contribution in [0.3, 0.4) is 0 Å². The number of rotatable bonds is 3. The standard InChI is InChI=1S/C13H22N4O/c1-13(2,10-14)17-12(18)8-11(9-15-17)16-6-4-3-5-7-16/h8-9H,3-7,10,14H2,1-2H3. The Balaban J connectivity index is 2.27. The summed E-state index contributed by atoms with van der Waals surface area (Å²) in [5, 5.41) is 4.28. The second kappa shape index (κ2) is 5.10. The molecule has 1 aliphatic heterocycles. The molecule has 0 saturated carbocycles. The van der Waals surface area contributed by atoms with Crippen LogP contribution in [0.4, 0.5) is 5.69 Å². The molecule has 0 amide bonds. The Morgan fingerprint density at radius 2 is 2.00 bits per heavy atom. The number of piperidine rings is 1. The molecule has 1 saturated heterocycles. The van der Waals surface area contributed by atoms with Gasteiger partial charge >= 0.3 is 0 Å². The fraction of sp³-hybridized carbons (Fsp3) is 0.692. The van der Waals surface area contributed by atoms with E-state index in [1.165, 1.54) is 23.9 Å². The van der Waals surface area contributed by atoms with Crippen LogP contribution in [-0.2, 0) is 5.54 Å². The highest BCUT2D eigenvalue weighted by molar-refractivity contribution is 5.43. The largest absolute Gasteiger partial charge is 0.370 e. The van der Waals surface area contributed by atoms with Crippen molar-refractivity contribution in [1.29, 1.82) is 0 Å². The first kappa shape index (κ1) is 13.1. The molecule has 1 aliphatic rings. The zero-order valence-electron chi connectivity index (χ0n) is 11.2. The van der Waals surface area contributed by atoms with Gasteiger partial charge in [-0.1, -0.05) is 0 Å². The van der Waals surface area contributed by atoms with E-state index >= 15 is 0 Å². The number of anilines is 1. The van der Waals surface area contributed by atoms with Crippen LogP contribution in [0.2, 0.25) is 0 Å². The lowest BCUT2D eigenvalue weighted by atomic mass is 10.1. The minimum atomic E-state index is -0.433. The zero-order chi connectivity index (χ0) is 13.2. The predicted octanol–water partition coefficient (Wildman–Crippen LogP) is 0.927. The highest BCUT2D eigenvalue weighted by Crippen LogP contribution is 2.18. The van der Waals surface area contributed by atoms with E-state index in [9.17, 15) is 4.79 Å². The molecule has 2 rings (SSSR count). The number of hydrogen-bond acceptors (Lipinski definition) is 4. The van der Waals surface area contributed by atoms with Gasteiger partial charge in [0.15, 0.2) is 0 Å². The Morgan fingerprint density at radius 3 is 2.56 bits per heavy atom. The first-order valence-corrected chi connectivity index (χ1v) is 6.59. The molecule has 1 aromatic heterocycles. The third-order valence-corrected chi connectivity index (χ3v) is 3.58. The van der Waals surface area contributed by atoms with E-state index in [2.05, 4.69) is 10.00 Å². The van der Waals surface area contributed by atoms with Gasteiger partial charge in [0.25, 0.3) is 5.56 Å². The Hall–Kier alpha value is -1.36. The summed E-state index contributed by atoms with van der Waals surface area (Å²) in [7, 11) is 0. The molecule has 5 heteroatoms. The number of nitrogens with zero attached hydrogens (tertiary/aromatic N) is 3. The Labute approximate surface area is 108 Å². The highest BCUT2D eigenvalue weighted by atomic mass is 16.1. The molecule has 0 unspecified atom stereocenters. The van der Waals surface area contributed by atoms with Crippen molar-refractivity contribution in [2.75, 3.05) is 24.5 Å². The Bertz CT molecular complexity index is 460. The monoisotopic (exact) mass is 250 g/mol. The molecule has 0 spiro atoms. The smallest absolute Gasteiger partial charge is 0.269 e. The molecule has 18 heavy (non-hydrogen) atoms. The van der Waals surface area contributed by atoms with E-state index in [0.717, 1.165) is 18.8 Å². The molecular formula is C13H22N4O. The van der Waals surface area contributed by atoms with Crippen LogP contribution in [0.25, 0.3) is 0 Å². The van der Waals surface area contributed by atoms with E-state index < -0.39 is 5.54 Å². The predicted molar refractivity (Wildman–Crippen MR) is 72.9 cm³/mol. The van der Waals surface area contributed by atoms with E-state index in [-0.39, 0.29) is 5.56 Å². The molecule has 1 aromatic rings. The second-order valence-corrected chi connectivity index (χ2v) is 5.53. The lowest BCUT2D eigenvalue weighted by molar-refractivity contribution is 0.314. The summed E-state index contributed by atoms with van der Waals surface area (Å²) in [6, 6.07) is 1.68. The maximum absolute atomic E-state index is 12.1. The van der Waals surface area contributed by atoms with Crippen molar-refractivity contribution in [2.24, 2.45) is 5.73 Å². The zero-order valence-corrected chi connectivity index (χ0v) is 11.2. The van der Waals surface area contributed by atoms with Crippen LogP contribution >= 0.6 is 0 Å². The van der Waals surface area contributed by atoms with Crippen molar-refractivity contribution < 1.29 is 0 Å². The molecular weight excluding hydrogens is 228 g/mol. The van der Waals surface area contributed by atoms with Crippen molar-refractivity contribution >= 4 is 5.69 Å². The van der Waals surface area contributed by atoms with E-state index in [1.54, 1.807) is 12.3 Å². The van der Waals surface area contributed by atoms with Gasteiger partial charge in [0.05, 0.1) is 17.4 Å². The van der Waals surface area contributed by atoms with Crippen LogP contribution in [0.5, 0.6) is 0 Å². The van der Waals surface area contributed by atoms with Crippen LogP contribution in [0, 0.1) is 0 Å². The molecule has 1 fully saturated rings. The normalized spacial score (nSPS) is 16.9. The number of aromatic nitrogens is 2. The molecule has 0 radical (unpaired) electrons. The molecule has 0 atom stereocenters. The van der Waals surface area contributed by atoms with Gasteiger partial charge in [-0.15, -0.1) is 0 Å². The molecule has 100 valence electrons. The fourth-order valence-electron chi connectivity index (χ4n) is 2.26. The van der Waals surface area contributed by atoms with Gasteiger partial charge in [0, 0.05) is 25.7 Å². The second-order valence-electron chi connectivity index (χ2n) is 5.53. The van der Waals surface area contributed by atoms with Crippen molar-refractivity contribution in [1.82, 2.24) is 9.78 Å². The quantitative estimate of drug-likeness (QED) is 0.866. The molecule has 0 bridgehead atoms. The molecule has 2 heterocycles. The van der Waals surface area contributed by atoms with Gasteiger partial charge in [-0.3, -0.25) is 4.79 Å². The lowest BCUT2D eigenvalue weighted by Crippen LogP contribution is -2.43. The summed E-state index contributed by atoms with van der Waals surface area (Å²) >= 11 is 0. The Morgan fingerprint density at radius 1 is 1.33 bits per heavy atom. The van der Waals surface area contributed by atoms with Crippen LogP contribution in [0.1, 0.15) is 33.1 Å². The first-order valence-electron chi connectivity index (χ1n) is 6.59. The lowest BCUT2D eigenvalue weighted by Gasteiger charge is -2.29. The van der Waals surface area contributed by atoms with Gasteiger partial charge in [-0.2, -0.15) is 5.10 Å². The van der Waals surface area contributed by atoms with Gasteiger partial charge in [-0.05, 0) is 33.1 Å². The summed E-state index contributed by atoms with van der Waals surface area (Å²) in [6.45, 7) is 6.27.